The Morgan fingerprint density at radius 3 is 2.59 bits per heavy atom. The van der Waals surface area contributed by atoms with Crippen LogP contribution in [0.15, 0.2) is 36.5 Å². The van der Waals surface area contributed by atoms with E-state index in [2.05, 4.69) is 41.1 Å². The molecular weight excluding hydrogens is 210 g/mol. The number of nitrogen functional groups attached to an aromatic ring is 1. The topological polar surface area (TPSA) is 42.1 Å². The summed E-state index contributed by atoms with van der Waals surface area (Å²) in [7, 11) is 4.07. The van der Waals surface area contributed by atoms with Crippen LogP contribution in [0.2, 0.25) is 0 Å². The molecule has 0 bridgehead atoms. The molecule has 1 heterocycles. The first-order chi connectivity index (χ1) is 8.08. The fourth-order valence-electron chi connectivity index (χ4n) is 1.83. The van der Waals surface area contributed by atoms with Gasteiger partial charge in [0, 0.05) is 31.5 Å². The minimum atomic E-state index is 0.565. The summed E-state index contributed by atoms with van der Waals surface area (Å²) in [5, 5.41) is 0. The van der Waals surface area contributed by atoms with Crippen molar-refractivity contribution >= 4 is 11.5 Å². The number of anilines is 2. The van der Waals surface area contributed by atoms with Gasteiger partial charge in [-0.05, 0) is 36.2 Å². The van der Waals surface area contributed by atoms with Crippen molar-refractivity contribution < 1.29 is 0 Å². The van der Waals surface area contributed by atoms with Gasteiger partial charge in [-0.1, -0.05) is 12.1 Å². The van der Waals surface area contributed by atoms with Gasteiger partial charge in [0.15, 0.2) is 0 Å². The van der Waals surface area contributed by atoms with Gasteiger partial charge in [-0.25, -0.2) is 4.98 Å². The van der Waals surface area contributed by atoms with E-state index < -0.39 is 0 Å². The summed E-state index contributed by atoms with van der Waals surface area (Å²) >= 11 is 0. The first kappa shape index (κ1) is 11.5. The predicted molar refractivity (Wildman–Crippen MR) is 73.1 cm³/mol. The van der Waals surface area contributed by atoms with E-state index in [1.807, 2.05) is 26.4 Å². The summed E-state index contributed by atoms with van der Waals surface area (Å²) in [6, 6.07) is 10.3. The lowest BCUT2D eigenvalue weighted by molar-refractivity contribution is 1.13. The minimum Gasteiger partial charge on any atom is -0.384 e. The highest BCUT2D eigenvalue weighted by Gasteiger charge is 2.04. The highest BCUT2D eigenvalue weighted by Crippen LogP contribution is 2.26. The van der Waals surface area contributed by atoms with E-state index in [1.54, 1.807) is 0 Å². The summed E-state index contributed by atoms with van der Waals surface area (Å²) in [5.74, 6) is 0.565. The Kier molecular flexibility index (Phi) is 3.00. The van der Waals surface area contributed by atoms with Crippen molar-refractivity contribution in [2.45, 2.75) is 6.92 Å². The number of rotatable bonds is 2. The van der Waals surface area contributed by atoms with Crippen LogP contribution >= 0.6 is 0 Å². The van der Waals surface area contributed by atoms with Gasteiger partial charge in [-0.15, -0.1) is 0 Å². The average Bonchev–Trinajstić information content (AvgIpc) is 2.29. The Labute approximate surface area is 102 Å². The van der Waals surface area contributed by atoms with E-state index in [1.165, 1.54) is 11.3 Å². The van der Waals surface area contributed by atoms with E-state index in [-0.39, 0.29) is 0 Å². The van der Waals surface area contributed by atoms with Gasteiger partial charge in [0.05, 0.1) is 0 Å². The maximum atomic E-state index is 5.66. The molecule has 88 valence electrons. The van der Waals surface area contributed by atoms with Crippen LogP contribution in [-0.2, 0) is 0 Å². The minimum absolute atomic E-state index is 0.565. The summed E-state index contributed by atoms with van der Waals surface area (Å²) in [6.07, 6.45) is 1.83. The van der Waals surface area contributed by atoms with E-state index in [0.717, 1.165) is 11.1 Å². The lowest BCUT2D eigenvalue weighted by Gasteiger charge is -2.14. The van der Waals surface area contributed by atoms with Crippen LogP contribution in [0.5, 0.6) is 0 Å². The quantitative estimate of drug-likeness (QED) is 0.857. The standard InChI is InChI=1S/C14H17N3/c1-10-7-14(15)16-9-13(10)11-5-4-6-12(8-11)17(2)3/h4-9H,1-3H3,(H2,15,16). The van der Waals surface area contributed by atoms with Crippen molar-refractivity contribution in [1.29, 1.82) is 0 Å². The second kappa shape index (κ2) is 4.45. The van der Waals surface area contributed by atoms with E-state index >= 15 is 0 Å². The highest BCUT2D eigenvalue weighted by atomic mass is 15.1. The largest absolute Gasteiger partial charge is 0.384 e. The molecule has 1 aromatic carbocycles. The van der Waals surface area contributed by atoms with Crippen LogP contribution in [0, 0.1) is 6.92 Å². The molecule has 17 heavy (non-hydrogen) atoms. The lowest BCUT2D eigenvalue weighted by atomic mass is 10.0. The molecule has 0 fully saturated rings. The van der Waals surface area contributed by atoms with Crippen molar-refractivity contribution in [3.8, 4) is 11.1 Å². The third kappa shape index (κ3) is 2.38. The van der Waals surface area contributed by atoms with Crippen LogP contribution in [0.3, 0.4) is 0 Å². The number of aromatic nitrogens is 1. The SMILES string of the molecule is Cc1cc(N)ncc1-c1cccc(N(C)C)c1. The number of benzene rings is 1. The average molecular weight is 227 g/mol. The molecule has 0 saturated heterocycles. The summed E-state index contributed by atoms with van der Waals surface area (Å²) in [5.41, 5.74) is 10.3. The maximum Gasteiger partial charge on any atom is 0.123 e. The first-order valence-electron chi connectivity index (χ1n) is 5.58. The Bertz CT molecular complexity index is 533. The number of nitrogens with two attached hydrogens (primary N) is 1. The molecule has 0 aliphatic heterocycles. The van der Waals surface area contributed by atoms with Crippen molar-refractivity contribution in [3.63, 3.8) is 0 Å². The number of aryl methyl sites for hydroxylation is 1. The highest BCUT2D eigenvalue weighted by molar-refractivity contribution is 5.71. The van der Waals surface area contributed by atoms with Crippen LogP contribution in [0.1, 0.15) is 5.56 Å². The van der Waals surface area contributed by atoms with Crippen molar-refractivity contribution in [1.82, 2.24) is 4.98 Å². The number of hydrogen-bond acceptors (Lipinski definition) is 3. The monoisotopic (exact) mass is 227 g/mol. The summed E-state index contributed by atoms with van der Waals surface area (Å²) in [6.45, 7) is 2.05. The zero-order valence-corrected chi connectivity index (χ0v) is 10.4. The normalized spacial score (nSPS) is 10.3. The Morgan fingerprint density at radius 2 is 1.94 bits per heavy atom. The molecule has 0 amide bonds. The molecule has 2 rings (SSSR count). The summed E-state index contributed by atoms with van der Waals surface area (Å²) in [4.78, 5) is 6.24. The molecule has 0 atom stereocenters. The second-order valence-corrected chi connectivity index (χ2v) is 4.37. The zero-order valence-electron chi connectivity index (χ0n) is 10.4. The first-order valence-corrected chi connectivity index (χ1v) is 5.58. The fourth-order valence-corrected chi connectivity index (χ4v) is 1.83. The predicted octanol–water partition coefficient (Wildman–Crippen LogP) is 2.71. The van der Waals surface area contributed by atoms with Gasteiger partial charge < -0.3 is 10.6 Å². The Morgan fingerprint density at radius 1 is 1.18 bits per heavy atom. The smallest absolute Gasteiger partial charge is 0.123 e. The van der Waals surface area contributed by atoms with Crippen LogP contribution in [0.25, 0.3) is 11.1 Å². The van der Waals surface area contributed by atoms with Gasteiger partial charge >= 0.3 is 0 Å². The molecule has 0 radical (unpaired) electrons. The van der Waals surface area contributed by atoms with Gasteiger partial charge in [-0.2, -0.15) is 0 Å². The van der Waals surface area contributed by atoms with Gasteiger partial charge in [0.25, 0.3) is 0 Å². The molecule has 0 saturated carbocycles. The molecule has 0 aliphatic rings. The maximum absolute atomic E-state index is 5.66. The van der Waals surface area contributed by atoms with E-state index in [9.17, 15) is 0 Å². The number of nitrogens with zero attached hydrogens (tertiary/aromatic N) is 2. The molecule has 0 unspecified atom stereocenters. The molecule has 0 aliphatic carbocycles. The van der Waals surface area contributed by atoms with Crippen LogP contribution in [0.4, 0.5) is 11.5 Å². The zero-order chi connectivity index (χ0) is 12.4. The third-order valence-electron chi connectivity index (χ3n) is 2.81. The van der Waals surface area contributed by atoms with Gasteiger partial charge in [0.1, 0.15) is 5.82 Å². The van der Waals surface area contributed by atoms with Gasteiger partial charge in [-0.3, -0.25) is 0 Å². The molecule has 3 heteroatoms. The van der Waals surface area contributed by atoms with Crippen LogP contribution in [-0.4, -0.2) is 19.1 Å². The number of hydrogen-bond donors (Lipinski definition) is 1. The van der Waals surface area contributed by atoms with Crippen LogP contribution < -0.4 is 10.6 Å². The van der Waals surface area contributed by atoms with Crippen molar-refractivity contribution in [3.05, 3.63) is 42.1 Å². The molecule has 1 aromatic heterocycles. The Hall–Kier alpha value is -2.03. The van der Waals surface area contributed by atoms with Gasteiger partial charge in [0.2, 0.25) is 0 Å². The molecular formula is C14H17N3. The van der Waals surface area contributed by atoms with E-state index in [4.69, 9.17) is 5.73 Å². The second-order valence-electron chi connectivity index (χ2n) is 4.37. The van der Waals surface area contributed by atoms with Crippen molar-refractivity contribution in [2.75, 3.05) is 24.7 Å². The molecule has 2 aromatic rings. The van der Waals surface area contributed by atoms with Crippen molar-refractivity contribution in [2.24, 2.45) is 0 Å². The van der Waals surface area contributed by atoms with E-state index in [0.29, 0.717) is 5.82 Å². The molecule has 2 N–H and O–H groups in total. The number of pyridine rings is 1. The summed E-state index contributed by atoms with van der Waals surface area (Å²) < 4.78 is 0. The molecule has 3 nitrogen and oxygen atoms in total. The Balaban J connectivity index is 2.49. The third-order valence-corrected chi connectivity index (χ3v) is 2.81. The molecule has 0 spiro atoms. The lowest BCUT2D eigenvalue weighted by Crippen LogP contribution is -2.08. The fraction of sp³-hybridized carbons (Fsp3) is 0.214.